The summed E-state index contributed by atoms with van der Waals surface area (Å²) in [6, 6.07) is 12.8. The van der Waals surface area contributed by atoms with Gasteiger partial charge in [0.05, 0.1) is 7.11 Å². The molecule has 0 aromatic heterocycles. The van der Waals surface area contributed by atoms with Crippen LogP contribution >= 0.6 is 0 Å². The molecule has 0 saturated heterocycles. The molecule has 0 saturated carbocycles. The maximum atomic E-state index is 5.85. The lowest BCUT2D eigenvalue weighted by Gasteiger charge is -2.17. The quantitative estimate of drug-likeness (QED) is 0.837. The molecule has 102 valence electrons. The van der Waals surface area contributed by atoms with Crippen LogP contribution in [0.15, 0.2) is 36.4 Å². The second-order valence-electron chi connectivity index (χ2n) is 4.71. The van der Waals surface area contributed by atoms with Crippen LogP contribution < -0.4 is 15.8 Å². The monoisotopic (exact) mass is 258 g/mol. The van der Waals surface area contributed by atoms with Crippen molar-refractivity contribution in [2.75, 3.05) is 20.2 Å². The van der Waals surface area contributed by atoms with Gasteiger partial charge in [0.2, 0.25) is 0 Å². The standard InChI is InChI=1S/C16H22N2O/c1-3-8-18-16(11-17)14-5-4-13-10-15(19-2)7-6-12(13)9-14/h4-7,9-10,16,18H,3,8,11,17H2,1-2H3. The van der Waals surface area contributed by atoms with Crippen molar-refractivity contribution in [3.05, 3.63) is 42.0 Å². The van der Waals surface area contributed by atoms with Crippen molar-refractivity contribution in [3.8, 4) is 5.75 Å². The van der Waals surface area contributed by atoms with E-state index in [1.807, 2.05) is 6.07 Å². The Hall–Kier alpha value is -1.58. The number of methoxy groups -OCH3 is 1. The van der Waals surface area contributed by atoms with Crippen LogP contribution in [0.25, 0.3) is 10.8 Å². The molecular formula is C16H22N2O. The lowest BCUT2D eigenvalue weighted by Crippen LogP contribution is -2.28. The zero-order valence-corrected chi connectivity index (χ0v) is 11.6. The van der Waals surface area contributed by atoms with Gasteiger partial charge in [-0.15, -0.1) is 0 Å². The zero-order valence-electron chi connectivity index (χ0n) is 11.6. The second kappa shape index (κ2) is 6.55. The van der Waals surface area contributed by atoms with Crippen molar-refractivity contribution >= 4 is 10.8 Å². The molecule has 2 aromatic rings. The molecule has 3 nitrogen and oxygen atoms in total. The maximum Gasteiger partial charge on any atom is 0.119 e. The molecule has 19 heavy (non-hydrogen) atoms. The van der Waals surface area contributed by atoms with Gasteiger partial charge in [-0.25, -0.2) is 0 Å². The minimum absolute atomic E-state index is 0.228. The number of nitrogens with two attached hydrogens (primary N) is 1. The lowest BCUT2D eigenvalue weighted by molar-refractivity contribution is 0.415. The van der Waals surface area contributed by atoms with Crippen molar-refractivity contribution in [1.29, 1.82) is 0 Å². The van der Waals surface area contributed by atoms with E-state index in [9.17, 15) is 0 Å². The number of hydrogen-bond acceptors (Lipinski definition) is 3. The lowest BCUT2D eigenvalue weighted by atomic mass is 10.0. The summed E-state index contributed by atoms with van der Waals surface area (Å²) in [5.74, 6) is 0.889. The number of nitrogens with one attached hydrogen (secondary N) is 1. The van der Waals surface area contributed by atoms with Crippen molar-refractivity contribution in [2.24, 2.45) is 5.73 Å². The molecule has 0 aliphatic carbocycles. The first-order valence-corrected chi connectivity index (χ1v) is 6.79. The fourth-order valence-electron chi connectivity index (χ4n) is 2.24. The van der Waals surface area contributed by atoms with Gasteiger partial charge in [0.1, 0.15) is 5.75 Å². The number of fused-ring (bicyclic) bond motifs is 1. The second-order valence-corrected chi connectivity index (χ2v) is 4.71. The molecule has 0 amide bonds. The van der Waals surface area contributed by atoms with Gasteiger partial charge >= 0.3 is 0 Å². The molecule has 0 heterocycles. The fraction of sp³-hybridized carbons (Fsp3) is 0.375. The van der Waals surface area contributed by atoms with E-state index in [1.165, 1.54) is 16.3 Å². The maximum absolute atomic E-state index is 5.85. The topological polar surface area (TPSA) is 47.3 Å². The Labute approximate surface area is 114 Å². The average Bonchev–Trinajstić information content (AvgIpc) is 2.47. The third-order valence-corrected chi connectivity index (χ3v) is 3.35. The summed E-state index contributed by atoms with van der Waals surface area (Å²) < 4.78 is 5.24. The van der Waals surface area contributed by atoms with Crippen LogP contribution in [0.5, 0.6) is 5.75 Å². The van der Waals surface area contributed by atoms with Crippen LogP contribution in [0.3, 0.4) is 0 Å². The Morgan fingerprint density at radius 1 is 1.16 bits per heavy atom. The molecule has 1 unspecified atom stereocenters. The molecule has 2 aromatic carbocycles. The summed E-state index contributed by atoms with van der Waals surface area (Å²) in [7, 11) is 1.69. The Balaban J connectivity index is 2.29. The van der Waals surface area contributed by atoms with Gasteiger partial charge in [-0.2, -0.15) is 0 Å². The van der Waals surface area contributed by atoms with Gasteiger partial charge in [0, 0.05) is 12.6 Å². The normalized spacial score (nSPS) is 12.6. The van der Waals surface area contributed by atoms with Crippen molar-refractivity contribution < 1.29 is 4.74 Å². The van der Waals surface area contributed by atoms with Gasteiger partial charge in [-0.1, -0.05) is 25.1 Å². The van der Waals surface area contributed by atoms with E-state index in [4.69, 9.17) is 10.5 Å². The summed E-state index contributed by atoms with van der Waals surface area (Å²) in [5.41, 5.74) is 7.10. The average molecular weight is 258 g/mol. The van der Waals surface area contributed by atoms with E-state index < -0.39 is 0 Å². The van der Waals surface area contributed by atoms with Crippen LogP contribution in [0.2, 0.25) is 0 Å². The third kappa shape index (κ3) is 3.25. The molecular weight excluding hydrogens is 236 g/mol. The number of ether oxygens (including phenoxy) is 1. The molecule has 0 aliphatic heterocycles. The molecule has 3 N–H and O–H groups in total. The highest BCUT2D eigenvalue weighted by atomic mass is 16.5. The Bertz CT molecular complexity index is 539. The SMILES string of the molecule is CCCNC(CN)c1ccc2cc(OC)ccc2c1. The molecule has 2 rings (SSSR count). The van der Waals surface area contributed by atoms with E-state index in [-0.39, 0.29) is 6.04 Å². The minimum atomic E-state index is 0.228. The van der Waals surface area contributed by atoms with E-state index in [2.05, 4.69) is 42.6 Å². The molecule has 3 heteroatoms. The summed E-state index contributed by atoms with van der Waals surface area (Å²) in [5, 5.41) is 5.88. The highest BCUT2D eigenvalue weighted by Crippen LogP contribution is 2.24. The third-order valence-electron chi connectivity index (χ3n) is 3.35. The van der Waals surface area contributed by atoms with E-state index >= 15 is 0 Å². The predicted molar refractivity (Wildman–Crippen MR) is 80.6 cm³/mol. The highest BCUT2D eigenvalue weighted by molar-refractivity contribution is 5.84. The van der Waals surface area contributed by atoms with Gasteiger partial charge in [-0.3, -0.25) is 0 Å². The number of rotatable bonds is 6. The highest BCUT2D eigenvalue weighted by Gasteiger charge is 2.09. The van der Waals surface area contributed by atoms with Crippen LogP contribution in [0.1, 0.15) is 24.9 Å². The van der Waals surface area contributed by atoms with Crippen LogP contribution in [-0.4, -0.2) is 20.2 Å². The summed E-state index contributed by atoms with van der Waals surface area (Å²) in [4.78, 5) is 0. The van der Waals surface area contributed by atoms with Gasteiger partial charge in [0.15, 0.2) is 0 Å². The largest absolute Gasteiger partial charge is 0.497 e. The van der Waals surface area contributed by atoms with Crippen molar-refractivity contribution in [2.45, 2.75) is 19.4 Å². The van der Waals surface area contributed by atoms with Crippen molar-refractivity contribution in [1.82, 2.24) is 5.32 Å². The van der Waals surface area contributed by atoms with E-state index in [0.717, 1.165) is 18.7 Å². The number of benzene rings is 2. The molecule has 0 fully saturated rings. The van der Waals surface area contributed by atoms with E-state index in [0.29, 0.717) is 6.54 Å². The van der Waals surface area contributed by atoms with E-state index in [1.54, 1.807) is 7.11 Å². The molecule has 0 aliphatic rings. The molecule has 0 spiro atoms. The molecule has 0 radical (unpaired) electrons. The molecule has 0 bridgehead atoms. The smallest absolute Gasteiger partial charge is 0.119 e. The first kappa shape index (κ1) is 13.8. The van der Waals surface area contributed by atoms with Gasteiger partial charge < -0.3 is 15.8 Å². The Morgan fingerprint density at radius 2 is 1.89 bits per heavy atom. The molecule has 1 atom stereocenters. The summed E-state index contributed by atoms with van der Waals surface area (Å²) in [6.45, 7) is 3.76. The van der Waals surface area contributed by atoms with Gasteiger partial charge in [0.25, 0.3) is 0 Å². The first-order valence-electron chi connectivity index (χ1n) is 6.79. The van der Waals surface area contributed by atoms with Crippen LogP contribution in [0.4, 0.5) is 0 Å². The van der Waals surface area contributed by atoms with Crippen LogP contribution in [-0.2, 0) is 0 Å². The van der Waals surface area contributed by atoms with Gasteiger partial charge in [-0.05, 0) is 47.5 Å². The predicted octanol–water partition coefficient (Wildman–Crippen LogP) is 2.85. The minimum Gasteiger partial charge on any atom is -0.497 e. The number of hydrogen-bond donors (Lipinski definition) is 2. The Kier molecular flexibility index (Phi) is 4.77. The van der Waals surface area contributed by atoms with Crippen molar-refractivity contribution in [3.63, 3.8) is 0 Å². The zero-order chi connectivity index (χ0) is 13.7. The fourth-order valence-corrected chi connectivity index (χ4v) is 2.24. The van der Waals surface area contributed by atoms with Crippen LogP contribution in [0, 0.1) is 0 Å². The first-order chi connectivity index (χ1) is 9.28. The summed E-state index contributed by atoms with van der Waals surface area (Å²) >= 11 is 0. The summed E-state index contributed by atoms with van der Waals surface area (Å²) in [6.07, 6.45) is 1.11. The Morgan fingerprint density at radius 3 is 2.58 bits per heavy atom.